The fourth-order valence-electron chi connectivity index (χ4n) is 11.0. The van der Waals surface area contributed by atoms with Crippen molar-refractivity contribution in [1.82, 2.24) is 0 Å². The van der Waals surface area contributed by atoms with E-state index in [-0.39, 0.29) is 25.7 Å². The number of rotatable bonds is 70. The number of aliphatic hydroxyl groups is 1. The van der Waals surface area contributed by atoms with Gasteiger partial charge in [0.2, 0.25) is 0 Å². The Morgan fingerprint density at radius 3 is 0.772 bits per heavy atom. The SMILES string of the molecule is CCC(C)CCCCCCCCCCCCC(=O)OC[C@H](COP(=O)(O)OCC(O)COP(=O)(O)OC[C@@H](COC(=O)CCCCCCCCCCC(C)C)OC(=O)CCCCCCCCCCCCC(C)C)OC(=O)CCCCCCCCCCCCCC(C)C. The van der Waals surface area contributed by atoms with Crippen LogP contribution in [0, 0.1) is 23.7 Å². The molecule has 546 valence electrons. The van der Waals surface area contributed by atoms with Gasteiger partial charge in [0.15, 0.2) is 12.2 Å². The Balaban J connectivity index is 5.28. The summed E-state index contributed by atoms with van der Waals surface area (Å²) in [5.74, 6) is 0.928. The van der Waals surface area contributed by atoms with E-state index in [2.05, 4.69) is 55.4 Å². The Labute approximate surface area is 562 Å². The van der Waals surface area contributed by atoms with Gasteiger partial charge in [-0.3, -0.25) is 37.3 Å². The third-order valence-corrected chi connectivity index (χ3v) is 19.1. The van der Waals surface area contributed by atoms with Crippen LogP contribution in [0.3, 0.4) is 0 Å². The van der Waals surface area contributed by atoms with E-state index in [1.165, 1.54) is 167 Å². The average molecular weight is 1350 g/mol. The van der Waals surface area contributed by atoms with Crippen molar-refractivity contribution >= 4 is 39.5 Å². The summed E-state index contributed by atoms with van der Waals surface area (Å²) in [6.07, 6.45) is 45.7. The molecule has 6 atom stereocenters. The second-order valence-electron chi connectivity index (χ2n) is 28.0. The first kappa shape index (κ1) is 90.1. The lowest BCUT2D eigenvalue weighted by molar-refractivity contribution is -0.161. The minimum atomic E-state index is -4.96. The zero-order valence-corrected chi connectivity index (χ0v) is 62.0. The lowest BCUT2D eigenvalue weighted by atomic mass is 9.99. The molecule has 3 N–H and O–H groups in total. The highest BCUT2D eigenvalue weighted by molar-refractivity contribution is 7.47. The molecule has 0 fully saturated rings. The van der Waals surface area contributed by atoms with Gasteiger partial charge in [-0.05, 0) is 49.4 Å². The highest BCUT2D eigenvalue weighted by atomic mass is 31.2. The zero-order chi connectivity index (χ0) is 68.2. The van der Waals surface area contributed by atoms with Crippen molar-refractivity contribution < 1.29 is 80.2 Å². The molecule has 0 amide bonds. The first-order chi connectivity index (χ1) is 44.1. The standard InChI is InChI=1S/C73H142O17P2/c1-9-66(8)52-44-36-28-19-14-16-20-29-37-45-53-70(75)83-59-68(89-72(77)55-47-39-31-21-12-10-11-17-25-33-41-49-63(2)3)61-87-91(79,80)85-57-67(74)58-86-92(81,82)88-62-69(60-84-71(76)54-46-38-30-24-23-27-35-43-51-65(6)7)90-73(78)56-48-40-32-22-15-13-18-26-34-42-50-64(4)5/h63-69,74H,9-62H2,1-8H3,(H,79,80)(H,81,82)/t66?,67?,68-,69-/m1/s1. The van der Waals surface area contributed by atoms with Crippen LogP contribution in [0.2, 0.25) is 0 Å². The van der Waals surface area contributed by atoms with Crippen LogP contribution in [-0.4, -0.2) is 96.7 Å². The maximum absolute atomic E-state index is 13.1. The van der Waals surface area contributed by atoms with E-state index in [1.807, 2.05) is 0 Å². The number of phosphoric ester groups is 2. The van der Waals surface area contributed by atoms with Crippen LogP contribution in [0.5, 0.6) is 0 Å². The minimum absolute atomic E-state index is 0.105. The molecule has 0 bridgehead atoms. The van der Waals surface area contributed by atoms with Gasteiger partial charge in [-0.15, -0.1) is 0 Å². The van der Waals surface area contributed by atoms with E-state index >= 15 is 0 Å². The van der Waals surface area contributed by atoms with Crippen molar-refractivity contribution in [2.45, 2.75) is 382 Å². The van der Waals surface area contributed by atoms with Crippen LogP contribution in [0.15, 0.2) is 0 Å². The van der Waals surface area contributed by atoms with E-state index in [9.17, 15) is 43.2 Å². The Kier molecular flexibility index (Phi) is 61.3. The van der Waals surface area contributed by atoms with Crippen molar-refractivity contribution in [3.8, 4) is 0 Å². The normalized spacial score (nSPS) is 14.5. The smallest absolute Gasteiger partial charge is 0.462 e. The molecule has 19 heteroatoms. The number of aliphatic hydroxyl groups excluding tert-OH is 1. The van der Waals surface area contributed by atoms with Crippen LogP contribution < -0.4 is 0 Å². The number of hydrogen-bond acceptors (Lipinski definition) is 15. The first-order valence-electron chi connectivity index (χ1n) is 37.7. The van der Waals surface area contributed by atoms with Gasteiger partial charge in [0, 0.05) is 25.7 Å². The van der Waals surface area contributed by atoms with Gasteiger partial charge >= 0.3 is 39.5 Å². The number of ether oxygens (including phenoxy) is 4. The second kappa shape index (κ2) is 62.6. The molecule has 0 radical (unpaired) electrons. The molecule has 0 saturated heterocycles. The highest BCUT2D eigenvalue weighted by Crippen LogP contribution is 2.45. The van der Waals surface area contributed by atoms with E-state index in [4.69, 9.17) is 37.0 Å². The Hall–Kier alpha value is -1.94. The second-order valence-corrected chi connectivity index (χ2v) is 30.9. The fraction of sp³-hybridized carbons (Fsp3) is 0.945. The van der Waals surface area contributed by atoms with Crippen LogP contribution >= 0.6 is 15.6 Å². The number of hydrogen-bond donors (Lipinski definition) is 3. The molecule has 0 saturated carbocycles. The summed E-state index contributed by atoms with van der Waals surface area (Å²) in [7, 11) is -9.91. The quantitative estimate of drug-likeness (QED) is 0.0222. The largest absolute Gasteiger partial charge is 0.472 e. The predicted octanol–water partition coefficient (Wildman–Crippen LogP) is 20.9. The molecule has 0 aromatic rings. The van der Waals surface area contributed by atoms with Crippen LogP contribution in [-0.2, 0) is 65.4 Å². The fourth-order valence-corrected chi connectivity index (χ4v) is 12.6. The van der Waals surface area contributed by atoms with E-state index in [1.54, 1.807) is 0 Å². The van der Waals surface area contributed by atoms with Crippen molar-refractivity contribution in [3.05, 3.63) is 0 Å². The van der Waals surface area contributed by atoms with Crippen LogP contribution in [0.25, 0.3) is 0 Å². The van der Waals surface area contributed by atoms with Crippen LogP contribution in [0.1, 0.15) is 364 Å². The van der Waals surface area contributed by atoms with E-state index in [0.29, 0.717) is 25.7 Å². The summed E-state index contributed by atoms with van der Waals surface area (Å²) in [6, 6.07) is 0. The van der Waals surface area contributed by atoms with Gasteiger partial charge in [0.05, 0.1) is 26.4 Å². The number of carbonyl (C=O) groups is 4. The summed E-state index contributed by atoms with van der Waals surface area (Å²) in [4.78, 5) is 72.7. The summed E-state index contributed by atoms with van der Waals surface area (Å²) in [5, 5.41) is 10.6. The third-order valence-electron chi connectivity index (χ3n) is 17.2. The summed E-state index contributed by atoms with van der Waals surface area (Å²) < 4.78 is 68.4. The molecule has 0 spiro atoms. The Morgan fingerprint density at radius 2 is 0.522 bits per heavy atom. The van der Waals surface area contributed by atoms with Crippen molar-refractivity contribution in [3.63, 3.8) is 0 Å². The van der Waals surface area contributed by atoms with Gasteiger partial charge in [-0.1, -0.05) is 312 Å². The van der Waals surface area contributed by atoms with Crippen molar-refractivity contribution in [2.24, 2.45) is 23.7 Å². The highest BCUT2D eigenvalue weighted by Gasteiger charge is 2.30. The zero-order valence-electron chi connectivity index (χ0n) is 60.2. The molecule has 0 aromatic carbocycles. The van der Waals surface area contributed by atoms with Gasteiger partial charge < -0.3 is 33.8 Å². The van der Waals surface area contributed by atoms with Crippen molar-refractivity contribution in [2.75, 3.05) is 39.6 Å². The van der Waals surface area contributed by atoms with E-state index < -0.39 is 97.5 Å². The van der Waals surface area contributed by atoms with Gasteiger partial charge in [0.25, 0.3) is 0 Å². The van der Waals surface area contributed by atoms with Gasteiger partial charge in [0.1, 0.15) is 19.3 Å². The summed E-state index contributed by atoms with van der Waals surface area (Å²) >= 11 is 0. The molecule has 0 aliphatic heterocycles. The maximum atomic E-state index is 13.1. The number of phosphoric acid groups is 2. The maximum Gasteiger partial charge on any atom is 0.472 e. The minimum Gasteiger partial charge on any atom is -0.462 e. The molecule has 0 aromatic heterocycles. The molecule has 0 rings (SSSR count). The van der Waals surface area contributed by atoms with E-state index in [0.717, 1.165) is 114 Å². The molecule has 0 aliphatic carbocycles. The molecule has 92 heavy (non-hydrogen) atoms. The predicted molar refractivity (Wildman–Crippen MR) is 372 cm³/mol. The third kappa shape index (κ3) is 65.4. The first-order valence-corrected chi connectivity index (χ1v) is 40.7. The summed E-state index contributed by atoms with van der Waals surface area (Å²) in [6.45, 7) is 14.2. The van der Waals surface area contributed by atoms with Gasteiger partial charge in [-0.25, -0.2) is 9.13 Å². The molecule has 17 nitrogen and oxygen atoms in total. The average Bonchev–Trinajstić information content (AvgIpc) is 3.68. The number of carbonyl (C=O) groups excluding carboxylic acids is 4. The lowest BCUT2D eigenvalue weighted by Crippen LogP contribution is -2.30. The molecular formula is C73H142O17P2. The topological polar surface area (TPSA) is 237 Å². The Morgan fingerprint density at radius 1 is 0.304 bits per heavy atom. The monoisotopic (exact) mass is 1350 g/mol. The lowest BCUT2D eigenvalue weighted by Gasteiger charge is -2.21. The summed E-state index contributed by atoms with van der Waals surface area (Å²) in [5.41, 5.74) is 0. The van der Waals surface area contributed by atoms with Crippen LogP contribution in [0.4, 0.5) is 0 Å². The Bertz CT molecular complexity index is 1820. The molecule has 0 aliphatic rings. The molecular weight excluding hydrogens is 1210 g/mol. The molecule has 0 heterocycles. The number of unbranched alkanes of at least 4 members (excludes halogenated alkanes) is 35. The van der Waals surface area contributed by atoms with Gasteiger partial charge in [-0.2, -0.15) is 0 Å². The van der Waals surface area contributed by atoms with Crippen molar-refractivity contribution in [1.29, 1.82) is 0 Å². The molecule has 4 unspecified atom stereocenters. The number of esters is 4.